The van der Waals surface area contributed by atoms with E-state index in [4.69, 9.17) is 17.3 Å². The molecule has 2 aromatic rings. The fraction of sp³-hybridized carbons (Fsp3) is 0.182. The van der Waals surface area contributed by atoms with Crippen molar-refractivity contribution in [3.05, 3.63) is 46.7 Å². The Hall–Kier alpha value is -1.32. The Bertz CT molecular complexity index is 476. The lowest BCUT2D eigenvalue weighted by Gasteiger charge is -2.05. The van der Waals surface area contributed by atoms with Gasteiger partial charge in [0.2, 0.25) is 0 Å². The Balaban J connectivity index is 2.42. The molecule has 0 atom stereocenters. The van der Waals surface area contributed by atoms with Crippen LogP contribution in [0, 0.1) is 6.92 Å². The van der Waals surface area contributed by atoms with E-state index in [1.165, 1.54) is 0 Å². The van der Waals surface area contributed by atoms with Crippen LogP contribution in [-0.4, -0.2) is 9.78 Å². The van der Waals surface area contributed by atoms with Crippen molar-refractivity contribution < 1.29 is 0 Å². The average molecular weight is 222 g/mol. The number of hydrogen-bond acceptors (Lipinski definition) is 2. The van der Waals surface area contributed by atoms with Crippen molar-refractivity contribution in [2.75, 3.05) is 0 Å². The first-order valence-corrected chi connectivity index (χ1v) is 5.09. The second-order valence-corrected chi connectivity index (χ2v) is 3.79. The number of aryl methyl sites for hydroxylation is 1. The number of benzene rings is 1. The fourth-order valence-corrected chi connectivity index (χ4v) is 1.66. The zero-order valence-corrected chi connectivity index (χ0v) is 9.20. The zero-order chi connectivity index (χ0) is 10.8. The molecule has 0 amide bonds. The summed E-state index contributed by atoms with van der Waals surface area (Å²) in [5, 5.41) is 4.99. The Morgan fingerprint density at radius 1 is 1.40 bits per heavy atom. The first-order chi connectivity index (χ1) is 7.20. The third-order valence-electron chi connectivity index (χ3n) is 2.24. The molecule has 0 fully saturated rings. The highest BCUT2D eigenvalue weighted by atomic mass is 35.5. The quantitative estimate of drug-likeness (QED) is 0.846. The molecule has 0 spiro atoms. The molecule has 0 aliphatic heterocycles. The van der Waals surface area contributed by atoms with Crippen LogP contribution in [0.3, 0.4) is 0 Å². The van der Waals surface area contributed by atoms with E-state index in [9.17, 15) is 0 Å². The number of aromatic nitrogens is 2. The summed E-state index contributed by atoms with van der Waals surface area (Å²) in [7, 11) is 0. The maximum atomic E-state index is 6.07. The summed E-state index contributed by atoms with van der Waals surface area (Å²) < 4.78 is 1.79. The lowest BCUT2D eigenvalue weighted by atomic mass is 10.2. The van der Waals surface area contributed by atoms with E-state index in [0.717, 1.165) is 16.9 Å². The molecule has 1 aromatic heterocycles. The Kier molecular flexibility index (Phi) is 2.75. The van der Waals surface area contributed by atoms with Gasteiger partial charge in [-0.05, 0) is 30.7 Å². The fourth-order valence-electron chi connectivity index (χ4n) is 1.40. The van der Waals surface area contributed by atoms with Gasteiger partial charge < -0.3 is 5.73 Å². The number of halogens is 1. The van der Waals surface area contributed by atoms with E-state index in [1.54, 1.807) is 4.68 Å². The Morgan fingerprint density at radius 3 is 2.73 bits per heavy atom. The minimum absolute atomic E-state index is 0.456. The monoisotopic (exact) mass is 221 g/mol. The van der Waals surface area contributed by atoms with Gasteiger partial charge >= 0.3 is 0 Å². The van der Waals surface area contributed by atoms with Crippen LogP contribution < -0.4 is 5.73 Å². The number of nitrogens with zero attached hydrogens (tertiary/aromatic N) is 2. The molecular formula is C11H12ClN3. The highest BCUT2D eigenvalue weighted by Crippen LogP contribution is 2.19. The third-order valence-corrected chi connectivity index (χ3v) is 2.60. The highest BCUT2D eigenvalue weighted by molar-refractivity contribution is 6.31. The smallest absolute Gasteiger partial charge is 0.0660 e. The molecular weight excluding hydrogens is 210 g/mol. The van der Waals surface area contributed by atoms with Gasteiger partial charge in [-0.2, -0.15) is 5.10 Å². The third kappa shape index (κ3) is 2.03. The maximum Gasteiger partial charge on any atom is 0.0660 e. The van der Waals surface area contributed by atoms with Gasteiger partial charge in [-0.3, -0.25) is 0 Å². The summed E-state index contributed by atoms with van der Waals surface area (Å²) in [5.74, 6) is 0. The number of hydrogen-bond donors (Lipinski definition) is 1. The van der Waals surface area contributed by atoms with Gasteiger partial charge in [0.05, 0.1) is 11.4 Å². The van der Waals surface area contributed by atoms with Gasteiger partial charge in [-0.15, -0.1) is 0 Å². The van der Waals surface area contributed by atoms with Crippen molar-refractivity contribution in [2.24, 2.45) is 5.73 Å². The molecule has 78 valence electrons. The molecule has 1 heterocycles. The molecule has 0 saturated heterocycles. The van der Waals surface area contributed by atoms with Crippen LogP contribution in [0.4, 0.5) is 0 Å². The van der Waals surface area contributed by atoms with Gasteiger partial charge in [0, 0.05) is 17.8 Å². The standard InChI is InChI=1S/C11H12ClN3/c1-8-4-5-15(14-8)10-3-2-9(7-13)11(12)6-10/h2-6H,7,13H2,1H3. The zero-order valence-electron chi connectivity index (χ0n) is 8.44. The van der Waals surface area contributed by atoms with Crippen LogP contribution >= 0.6 is 11.6 Å². The minimum Gasteiger partial charge on any atom is -0.326 e. The first kappa shape index (κ1) is 10.2. The van der Waals surface area contributed by atoms with E-state index in [-0.39, 0.29) is 0 Å². The summed E-state index contributed by atoms with van der Waals surface area (Å²) >= 11 is 6.07. The number of rotatable bonds is 2. The first-order valence-electron chi connectivity index (χ1n) is 4.72. The topological polar surface area (TPSA) is 43.8 Å². The summed E-state index contributed by atoms with van der Waals surface area (Å²) in [6.45, 7) is 2.41. The van der Waals surface area contributed by atoms with Gasteiger partial charge in [-0.1, -0.05) is 17.7 Å². The van der Waals surface area contributed by atoms with Crippen LogP contribution in [0.2, 0.25) is 5.02 Å². The summed E-state index contributed by atoms with van der Waals surface area (Å²) in [6.07, 6.45) is 1.91. The average Bonchev–Trinajstić information content (AvgIpc) is 2.65. The Labute approximate surface area is 93.5 Å². The van der Waals surface area contributed by atoms with Crippen molar-refractivity contribution in [1.29, 1.82) is 0 Å². The lowest BCUT2D eigenvalue weighted by molar-refractivity contribution is 0.861. The summed E-state index contributed by atoms with van der Waals surface area (Å²) in [5.41, 5.74) is 8.42. The van der Waals surface area contributed by atoms with Crippen LogP contribution in [0.25, 0.3) is 5.69 Å². The minimum atomic E-state index is 0.456. The van der Waals surface area contributed by atoms with Gasteiger partial charge in [0.25, 0.3) is 0 Å². The molecule has 2 N–H and O–H groups in total. The van der Waals surface area contributed by atoms with Crippen molar-refractivity contribution in [2.45, 2.75) is 13.5 Å². The molecule has 3 nitrogen and oxygen atoms in total. The van der Waals surface area contributed by atoms with Crippen molar-refractivity contribution in [1.82, 2.24) is 9.78 Å². The van der Waals surface area contributed by atoms with E-state index >= 15 is 0 Å². The predicted octanol–water partition coefficient (Wildman–Crippen LogP) is 2.29. The van der Waals surface area contributed by atoms with E-state index in [2.05, 4.69) is 5.10 Å². The van der Waals surface area contributed by atoms with E-state index in [0.29, 0.717) is 11.6 Å². The Morgan fingerprint density at radius 2 is 2.20 bits per heavy atom. The van der Waals surface area contributed by atoms with Crippen molar-refractivity contribution >= 4 is 11.6 Å². The summed E-state index contributed by atoms with van der Waals surface area (Å²) in [4.78, 5) is 0. The molecule has 0 saturated carbocycles. The van der Waals surface area contributed by atoms with E-state index < -0.39 is 0 Å². The normalized spacial score (nSPS) is 10.6. The highest BCUT2D eigenvalue weighted by Gasteiger charge is 2.02. The molecule has 2 rings (SSSR count). The largest absolute Gasteiger partial charge is 0.326 e. The SMILES string of the molecule is Cc1ccn(-c2ccc(CN)c(Cl)c2)n1. The lowest BCUT2D eigenvalue weighted by Crippen LogP contribution is -2.00. The molecule has 0 aliphatic carbocycles. The van der Waals surface area contributed by atoms with Crippen LogP contribution in [0.5, 0.6) is 0 Å². The van der Waals surface area contributed by atoms with E-state index in [1.807, 2.05) is 37.4 Å². The molecule has 1 aromatic carbocycles. The molecule has 15 heavy (non-hydrogen) atoms. The maximum absolute atomic E-state index is 6.07. The van der Waals surface area contributed by atoms with Crippen molar-refractivity contribution in [3.63, 3.8) is 0 Å². The summed E-state index contributed by atoms with van der Waals surface area (Å²) in [6, 6.07) is 7.70. The second kappa shape index (κ2) is 4.04. The molecule has 0 bridgehead atoms. The molecule has 0 radical (unpaired) electrons. The van der Waals surface area contributed by atoms with Crippen LogP contribution in [0.1, 0.15) is 11.3 Å². The van der Waals surface area contributed by atoms with Gasteiger partial charge in [-0.25, -0.2) is 4.68 Å². The molecule has 0 unspecified atom stereocenters. The van der Waals surface area contributed by atoms with Gasteiger partial charge in [0.15, 0.2) is 0 Å². The predicted molar refractivity (Wildman–Crippen MR) is 61.2 cm³/mol. The van der Waals surface area contributed by atoms with Crippen LogP contribution in [-0.2, 0) is 6.54 Å². The van der Waals surface area contributed by atoms with Crippen molar-refractivity contribution in [3.8, 4) is 5.69 Å². The van der Waals surface area contributed by atoms with Crippen LogP contribution in [0.15, 0.2) is 30.5 Å². The number of nitrogens with two attached hydrogens (primary N) is 1. The molecule has 4 heteroatoms. The molecule has 0 aliphatic rings. The second-order valence-electron chi connectivity index (χ2n) is 3.38. The van der Waals surface area contributed by atoms with Gasteiger partial charge in [0.1, 0.15) is 0 Å².